The summed E-state index contributed by atoms with van der Waals surface area (Å²) in [4.78, 5) is 46.1. The number of hydrogen-bond donors (Lipinski definition) is 1. The maximum Gasteiger partial charge on any atom is 0.415 e. The van der Waals surface area contributed by atoms with Gasteiger partial charge >= 0.3 is 12.1 Å². The van der Waals surface area contributed by atoms with Crippen LogP contribution in [0.2, 0.25) is 0 Å². The molecule has 1 aromatic heterocycles. The molecule has 0 aliphatic carbocycles. The fourth-order valence-electron chi connectivity index (χ4n) is 6.09. The monoisotopic (exact) mass is 596 g/mol. The van der Waals surface area contributed by atoms with E-state index in [9.17, 15) is 19.5 Å². The highest BCUT2D eigenvalue weighted by Crippen LogP contribution is 2.40. The summed E-state index contributed by atoms with van der Waals surface area (Å²) in [5, 5.41) is 13.9. The predicted molar refractivity (Wildman–Crippen MR) is 163 cm³/mol. The van der Waals surface area contributed by atoms with Gasteiger partial charge < -0.3 is 14.6 Å². The van der Waals surface area contributed by atoms with Gasteiger partial charge in [-0.25, -0.2) is 9.78 Å². The first-order valence-electron chi connectivity index (χ1n) is 14.9. The van der Waals surface area contributed by atoms with Gasteiger partial charge in [0.05, 0.1) is 40.7 Å². The summed E-state index contributed by atoms with van der Waals surface area (Å²) in [5.74, 6) is -0.105. The number of fused-ring (bicyclic) bond motifs is 1. The maximum atomic E-state index is 13.3. The molecule has 2 fully saturated rings. The molecule has 1 aromatic carbocycles. The molecule has 0 spiro atoms. The normalized spacial score (nSPS) is 29.4. The van der Waals surface area contributed by atoms with E-state index in [0.29, 0.717) is 24.5 Å². The van der Waals surface area contributed by atoms with Crippen molar-refractivity contribution >= 4 is 35.3 Å². The van der Waals surface area contributed by atoms with E-state index >= 15 is 0 Å². The van der Waals surface area contributed by atoms with E-state index in [4.69, 9.17) is 9.47 Å². The number of amides is 1. The minimum Gasteiger partial charge on any atom is -0.458 e. The predicted octanol–water partition coefficient (Wildman–Crippen LogP) is 6.60. The summed E-state index contributed by atoms with van der Waals surface area (Å²) in [7, 11) is 0. The van der Waals surface area contributed by atoms with Crippen LogP contribution in [0.1, 0.15) is 83.8 Å². The van der Waals surface area contributed by atoms with Crippen molar-refractivity contribution in [3.63, 3.8) is 0 Å². The first kappa shape index (κ1) is 31.9. The zero-order chi connectivity index (χ0) is 30.6. The third-order valence-electron chi connectivity index (χ3n) is 8.71. The molecular weight excluding hydrogens is 552 g/mol. The lowest BCUT2D eigenvalue weighted by Gasteiger charge is -2.32. The number of Topliss-reactive ketones (excluding diaryl/α,β-unsaturated/α-hetero) is 1. The number of carbonyl (C=O) groups is 3. The van der Waals surface area contributed by atoms with Crippen LogP contribution in [0.5, 0.6) is 5.75 Å². The molecule has 0 bridgehead atoms. The van der Waals surface area contributed by atoms with Gasteiger partial charge in [-0.05, 0) is 56.4 Å². The molecule has 2 aliphatic heterocycles. The van der Waals surface area contributed by atoms with Gasteiger partial charge in [-0.1, -0.05) is 58.7 Å². The highest BCUT2D eigenvalue weighted by Gasteiger charge is 2.53. The minimum absolute atomic E-state index is 0.0413. The number of ether oxygens (including phenoxy) is 2. The summed E-state index contributed by atoms with van der Waals surface area (Å²) in [6.45, 7) is 11.3. The van der Waals surface area contributed by atoms with E-state index in [1.807, 2.05) is 50.4 Å². The number of para-hydroxylation sites is 1. The Morgan fingerprint density at radius 1 is 1.14 bits per heavy atom. The quantitative estimate of drug-likeness (QED) is 0.314. The molecule has 1 N–H and O–H groups in total. The Hall–Kier alpha value is -3.04. The van der Waals surface area contributed by atoms with Gasteiger partial charge in [0.2, 0.25) is 0 Å². The second-order valence-corrected chi connectivity index (χ2v) is 13.7. The lowest BCUT2D eigenvalue weighted by Crippen LogP contribution is -2.42. The van der Waals surface area contributed by atoms with Crippen molar-refractivity contribution in [2.45, 2.75) is 104 Å². The van der Waals surface area contributed by atoms with Crippen LogP contribution in [0, 0.1) is 24.2 Å². The molecule has 6 atom stereocenters. The van der Waals surface area contributed by atoms with Gasteiger partial charge in [0.1, 0.15) is 17.6 Å². The topological polar surface area (TPSA) is 106 Å². The largest absolute Gasteiger partial charge is 0.458 e. The highest BCUT2D eigenvalue weighted by molar-refractivity contribution is 7.09. The molecular formula is C33H44N2O6S. The van der Waals surface area contributed by atoms with Crippen LogP contribution < -0.4 is 4.74 Å². The molecule has 3 heterocycles. The summed E-state index contributed by atoms with van der Waals surface area (Å²) in [5.41, 5.74) is 0.484. The second-order valence-electron chi connectivity index (χ2n) is 12.6. The number of ketones is 1. The van der Waals surface area contributed by atoms with Gasteiger partial charge in [0.25, 0.3) is 0 Å². The maximum absolute atomic E-state index is 13.3. The molecule has 9 heteroatoms. The second kappa shape index (κ2) is 13.5. The van der Waals surface area contributed by atoms with Gasteiger partial charge in [0, 0.05) is 17.7 Å². The van der Waals surface area contributed by atoms with E-state index in [-0.39, 0.29) is 30.2 Å². The van der Waals surface area contributed by atoms with Crippen LogP contribution in [0.25, 0.3) is 6.08 Å². The smallest absolute Gasteiger partial charge is 0.415 e. The Morgan fingerprint density at radius 2 is 1.86 bits per heavy atom. The number of rotatable bonds is 3. The summed E-state index contributed by atoms with van der Waals surface area (Å²) in [6, 6.07) is 8.79. The van der Waals surface area contributed by atoms with Crippen molar-refractivity contribution in [1.29, 1.82) is 0 Å². The van der Waals surface area contributed by atoms with Crippen LogP contribution in [-0.2, 0) is 14.3 Å². The lowest BCUT2D eigenvalue weighted by atomic mass is 9.74. The van der Waals surface area contributed by atoms with Crippen LogP contribution in [0.3, 0.4) is 0 Å². The van der Waals surface area contributed by atoms with Gasteiger partial charge in [-0.3, -0.25) is 14.5 Å². The van der Waals surface area contributed by atoms with Crippen LogP contribution >= 0.6 is 11.3 Å². The molecule has 2 aliphatic rings. The number of esters is 1. The van der Waals surface area contributed by atoms with Crippen LogP contribution in [0.4, 0.5) is 4.79 Å². The van der Waals surface area contributed by atoms with E-state index in [2.05, 4.69) is 11.9 Å². The molecule has 4 unspecified atom stereocenters. The first-order valence-corrected chi connectivity index (χ1v) is 15.8. The van der Waals surface area contributed by atoms with Crippen molar-refractivity contribution in [3.8, 4) is 5.75 Å². The Morgan fingerprint density at radius 3 is 2.52 bits per heavy atom. The number of hydrogen-bond acceptors (Lipinski definition) is 8. The Kier molecular flexibility index (Phi) is 10.3. The van der Waals surface area contributed by atoms with Crippen molar-refractivity contribution in [2.24, 2.45) is 17.3 Å². The molecule has 1 amide bonds. The van der Waals surface area contributed by atoms with E-state index < -0.39 is 29.7 Å². The Bertz CT molecular complexity index is 1290. The average molecular weight is 597 g/mol. The molecule has 2 aromatic rings. The van der Waals surface area contributed by atoms with Gasteiger partial charge in [0.15, 0.2) is 0 Å². The molecule has 4 rings (SSSR count). The molecule has 0 radical (unpaired) electrons. The minimum atomic E-state index is -1.18. The number of carbonyl (C=O) groups excluding carboxylic acids is 3. The Labute approximate surface area is 253 Å². The van der Waals surface area contributed by atoms with Gasteiger partial charge in [-0.2, -0.15) is 0 Å². The lowest BCUT2D eigenvalue weighted by molar-refractivity contribution is -0.153. The van der Waals surface area contributed by atoms with Crippen LogP contribution in [-0.4, -0.2) is 57.1 Å². The fraction of sp³-hybridized carbons (Fsp3) is 0.576. The SMILES string of the molecule is C/C(=C\c1csc(C)n1)C1C[C@H]2[C@@H](CCCC(C)CC(C)C(=O)C(C)(C)C(O)CC(=O)O1)N2C(=O)Oc1ccccc1. The summed E-state index contributed by atoms with van der Waals surface area (Å²) in [6.07, 6.45) is 3.07. The third-order valence-corrected chi connectivity index (χ3v) is 9.50. The zero-order valence-electron chi connectivity index (χ0n) is 25.5. The van der Waals surface area contributed by atoms with Crippen molar-refractivity contribution in [2.75, 3.05) is 0 Å². The molecule has 8 nitrogen and oxygen atoms in total. The van der Waals surface area contributed by atoms with Crippen molar-refractivity contribution < 1.29 is 29.0 Å². The number of aliphatic hydroxyl groups is 1. The average Bonchev–Trinajstić information content (AvgIpc) is 3.45. The number of benzene rings is 1. The molecule has 228 valence electrons. The van der Waals surface area contributed by atoms with Gasteiger partial charge in [-0.15, -0.1) is 11.3 Å². The van der Waals surface area contributed by atoms with Crippen LogP contribution in [0.15, 0.2) is 41.3 Å². The number of aryl methyl sites for hydroxylation is 1. The Balaban J connectivity index is 1.61. The van der Waals surface area contributed by atoms with E-state index in [0.717, 1.165) is 35.5 Å². The molecule has 42 heavy (non-hydrogen) atoms. The molecule has 2 saturated heterocycles. The van der Waals surface area contributed by atoms with E-state index in [1.54, 1.807) is 30.9 Å². The van der Waals surface area contributed by atoms with Crippen molar-refractivity contribution in [1.82, 2.24) is 9.88 Å². The zero-order valence-corrected chi connectivity index (χ0v) is 26.4. The van der Waals surface area contributed by atoms with Crippen molar-refractivity contribution in [3.05, 3.63) is 52.0 Å². The number of nitrogens with zero attached hydrogens (tertiary/aromatic N) is 2. The summed E-state index contributed by atoms with van der Waals surface area (Å²) < 4.78 is 11.7. The standard InChI is InChI=1S/C33H44N2O6S/c1-20-11-10-14-26-27(35(26)32(39)40-25-12-8-7-9-13-25)17-28(21(2)16-24-19-42-23(4)34-24)41-30(37)18-29(36)33(5,6)31(38)22(3)15-20/h7-9,12-13,16,19-20,22,26-29,36H,10-11,14-15,17-18H2,1-6H3/b21-16+/t20?,22?,26-,27+,28?,29?,35?/m1/s1. The summed E-state index contributed by atoms with van der Waals surface area (Å²) >= 11 is 1.54. The number of thiazole rings is 1. The number of cyclic esters (lactones) is 1. The third kappa shape index (κ3) is 7.86. The molecule has 0 saturated carbocycles. The number of aliphatic hydroxyl groups excluding tert-OH is 1. The number of aromatic nitrogens is 1. The first-order chi connectivity index (χ1) is 19.9. The van der Waals surface area contributed by atoms with E-state index in [1.165, 1.54) is 11.3 Å². The highest BCUT2D eigenvalue weighted by atomic mass is 32.1. The fourth-order valence-corrected chi connectivity index (χ4v) is 6.66.